The summed E-state index contributed by atoms with van der Waals surface area (Å²) in [6, 6.07) is 9.35. The van der Waals surface area contributed by atoms with Crippen molar-refractivity contribution < 1.29 is 4.74 Å². The number of halogens is 1. The molecular formula is C14H13ClN2O2. The van der Waals surface area contributed by atoms with Crippen LogP contribution in [0.1, 0.15) is 23.0 Å². The zero-order chi connectivity index (χ0) is 13.2. The maximum atomic E-state index is 11.6. The second kappa shape index (κ2) is 5.05. The number of nitrogens with zero attached hydrogens (tertiary/aromatic N) is 1. The molecule has 1 aliphatic rings. The molecule has 0 amide bonds. The molecule has 98 valence electrons. The summed E-state index contributed by atoms with van der Waals surface area (Å²) in [5, 5.41) is 0. The topological polar surface area (TPSA) is 55.0 Å². The molecule has 0 saturated carbocycles. The Morgan fingerprint density at radius 1 is 1.42 bits per heavy atom. The lowest BCUT2D eigenvalue weighted by Gasteiger charge is -2.24. The highest BCUT2D eigenvalue weighted by Gasteiger charge is 2.23. The average molecular weight is 277 g/mol. The number of ether oxygens (including phenoxy) is 1. The third-order valence-electron chi connectivity index (χ3n) is 3.22. The maximum absolute atomic E-state index is 11.6. The van der Waals surface area contributed by atoms with Crippen LogP contribution in [0.3, 0.4) is 0 Å². The lowest BCUT2D eigenvalue weighted by Crippen LogP contribution is -2.24. The number of hydrogen-bond donors (Lipinski definition) is 1. The fraction of sp³-hybridized carbons (Fsp3) is 0.286. The molecule has 2 aromatic rings. The Hall–Kier alpha value is -1.81. The van der Waals surface area contributed by atoms with E-state index in [1.54, 1.807) is 0 Å². The molecule has 0 aliphatic carbocycles. The van der Waals surface area contributed by atoms with Gasteiger partial charge in [0.1, 0.15) is 11.6 Å². The first kappa shape index (κ1) is 12.2. The largest absolute Gasteiger partial charge is 0.493 e. The van der Waals surface area contributed by atoms with E-state index >= 15 is 0 Å². The van der Waals surface area contributed by atoms with E-state index in [0.29, 0.717) is 18.1 Å². The second-order valence-corrected chi connectivity index (χ2v) is 4.84. The molecule has 3 rings (SSSR count). The van der Waals surface area contributed by atoms with Gasteiger partial charge >= 0.3 is 0 Å². The number of alkyl halides is 1. The summed E-state index contributed by atoms with van der Waals surface area (Å²) in [6.45, 7) is 0.520. The van der Waals surface area contributed by atoms with Crippen LogP contribution in [0.15, 0.2) is 35.1 Å². The van der Waals surface area contributed by atoms with Crippen LogP contribution in [-0.2, 0) is 12.3 Å². The van der Waals surface area contributed by atoms with Crippen LogP contribution in [0, 0.1) is 0 Å². The molecule has 0 radical (unpaired) electrons. The van der Waals surface area contributed by atoms with Gasteiger partial charge in [0, 0.05) is 6.07 Å². The summed E-state index contributed by atoms with van der Waals surface area (Å²) < 4.78 is 5.71. The van der Waals surface area contributed by atoms with Gasteiger partial charge in [-0.25, -0.2) is 4.98 Å². The fourth-order valence-corrected chi connectivity index (χ4v) is 2.43. The van der Waals surface area contributed by atoms with Crippen molar-refractivity contribution in [1.82, 2.24) is 9.97 Å². The highest BCUT2D eigenvalue weighted by atomic mass is 35.5. The molecule has 0 spiro atoms. The Labute approximate surface area is 115 Å². The van der Waals surface area contributed by atoms with E-state index < -0.39 is 0 Å². The number of H-pyrrole nitrogens is 1. The van der Waals surface area contributed by atoms with Crippen LogP contribution in [0.5, 0.6) is 5.75 Å². The van der Waals surface area contributed by atoms with E-state index in [4.69, 9.17) is 16.3 Å². The summed E-state index contributed by atoms with van der Waals surface area (Å²) in [5.74, 6) is 1.86. The first-order valence-corrected chi connectivity index (χ1v) is 6.66. The SMILES string of the molecule is O=c1cc(CCl)nc(C2COc3ccccc3C2)[nH]1. The van der Waals surface area contributed by atoms with Crippen LogP contribution in [0.2, 0.25) is 0 Å². The molecule has 1 aromatic heterocycles. The first-order valence-electron chi connectivity index (χ1n) is 6.13. The summed E-state index contributed by atoms with van der Waals surface area (Å²) in [5.41, 5.74) is 1.57. The minimum absolute atomic E-state index is 0.0609. The summed E-state index contributed by atoms with van der Waals surface area (Å²) in [6.07, 6.45) is 0.810. The average Bonchev–Trinajstić information content (AvgIpc) is 2.46. The molecule has 1 aromatic carbocycles. The number of para-hydroxylation sites is 1. The van der Waals surface area contributed by atoms with Crippen molar-refractivity contribution in [3.05, 3.63) is 57.8 Å². The van der Waals surface area contributed by atoms with Crippen molar-refractivity contribution in [1.29, 1.82) is 0 Å². The standard InChI is InChI=1S/C14H13ClN2O2/c15-7-11-6-13(18)17-14(16-11)10-5-9-3-1-2-4-12(9)19-8-10/h1-4,6,10H,5,7-8H2,(H,16,17,18). The third kappa shape index (κ3) is 2.49. The number of fused-ring (bicyclic) bond motifs is 1. The molecule has 0 bridgehead atoms. The molecule has 4 nitrogen and oxygen atoms in total. The lowest BCUT2D eigenvalue weighted by molar-refractivity contribution is 0.257. The van der Waals surface area contributed by atoms with Gasteiger partial charge in [-0.2, -0.15) is 0 Å². The number of hydrogen-bond acceptors (Lipinski definition) is 3. The molecule has 0 saturated heterocycles. The zero-order valence-corrected chi connectivity index (χ0v) is 11.0. The minimum atomic E-state index is -0.167. The van der Waals surface area contributed by atoms with Crippen LogP contribution < -0.4 is 10.3 Å². The van der Waals surface area contributed by atoms with E-state index in [1.165, 1.54) is 6.07 Å². The summed E-state index contributed by atoms with van der Waals surface area (Å²) in [4.78, 5) is 18.7. The normalized spacial score (nSPS) is 17.6. The number of aromatic amines is 1. The highest BCUT2D eigenvalue weighted by Crippen LogP contribution is 2.30. The van der Waals surface area contributed by atoms with Gasteiger partial charge in [-0.15, -0.1) is 11.6 Å². The molecule has 1 aliphatic heterocycles. The van der Waals surface area contributed by atoms with Crippen molar-refractivity contribution in [3.63, 3.8) is 0 Å². The summed E-state index contributed by atoms with van der Waals surface area (Å²) in [7, 11) is 0. The van der Waals surface area contributed by atoms with Gasteiger partial charge in [-0.3, -0.25) is 4.79 Å². The highest BCUT2D eigenvalue weighted by molar-refractivity contribution is 6.16. The van der Waals surface area contributed by atoms with Crippen molar-refractivity contribution in [2.75, 3.05) is 6.61 Å². The molecule has 1 unspecified atom stereocenters. The van der Waals surface area contributed by atoms with Crippen molar-refractivity contribution >= 4 is 11.6 Å². The lowest BCUT2D eigenvalue weighted by atomic mass is 9.96. The molecular weight excluding hydrogens is 264 g/mol. The maximum Gasteiger partial charge on any atom is 0.251 e. The van der Waals surface area contributed by atoms with Gasteiger partial charge in [-0.1, -0.05) is 18.2 Å². The van der Waals surface area contributed by atoms with Gasteiger partial charge in [0.2, 0.25) is 0 Å². The Morgan fingerprint density at radius 3 is 3.11 bits per heavy atom. The van der Waals surface area contributed by atoms with Crippen LogP contribution in [-0.4, -0.2) is 16.6 Å². The number of aromatic nitrogens is 2. The molecule has 1 atom stereocenters. The molecule has 2 heterocycles. The Morgan fingerprint density at radius 2 is 2.26 bits per heavy atom. The van der Waals surface area contributed by atoms with Crippen molar-refractivity contribution in [2.45, 2.75) is 18.2 Å². The Kier molecular flexibility index (Phi) is 3.25. The monoisotopic (exact) mass is 276 g/mol. The van der Waals surface area contributed by atoms with Gasteiger partial charge in [0.15, 0.2) is 0 Å². The van der Waals surface area contributed by atoms with E-state index in [1.807, 2.05) is 24.3 Å². The van der Waals surface area contributed by atoms with Crippen LogP contribution in [0.4, 0.5) is 0 Å². The molecule has 0 fully saturated rings. The van der Waals surface area contributed by atoms with E-state index in [-0.39, 0.29) is 17.4 Å². The van der Waals surface area contributed by atoms with Crippen LogP contribution >= 0.6 is 11.6 Å². The minimum Gasteiger partial charge on any atom is -0.493 e. The number of benzene rings is 1. The van der Waals surface area contributed by atoms with Crippen LogP contribution in [0.25, 0.3) is 0 Å². The summed E-state index contributed by atoms with van der Waals surface area (Å²) >= 11 is 5.74. The number of nitrogens with one attached hydrogen (secondary N) is 1. The van der Waals surface area contributed by atoms with E-state index in [0.717, 1.165) is 17.7 Å². The van der Waals surface area contributed by atoms with Gasteiger partial charge in [-0.05, 0) is 18.1 Å². The van der Waals surface area contributed by atoms with Crippen molar-refractivity contribution in [3.8, 4) is 5.75 Å². The molecule has 19 heavy (non-hydrogen) atoms. The molecule has 1 N–H and O–H groups in total. The smallest absolute Gasteiger partial charge is 0.251 e. The quantitative estimate of drug-likeness (QED) is 0.856. The van der Waals surface area contributed by atoms with Gasteiger partial charge in [0.05, 0.1) is 24.1 Å². The van der Waals surface area contributed by atoms with Crippen molar-refractivity contribution in [2.24, 2.45) is 0 Å². The Balaban J connectivity index is 1.93. The first-order chi connectivity index (χ1) is 9.26. The second-order valence-electron chi connectivity index (χ2n) is 4.58. The predicted octanol–water partition coefficient (Wildman–Crippen LogP) is 2.23. The predicted molar refractivity (Wildman–Crippen MR) is 72.8 cm³/mol. The zero-order valence-electron chi connectivity index (χ0n) is 10.2. The fourth-order valence-electron chi connectivity index (χ4n) is 2.29. The number of rotatable bonds is 2. The molecule has 5 heteroatoms. The Bertz CT molecular complexity index is 654. The van der Waals surface area contributed by atoms with Gasteiger partial charge < -0.3 is 9.72 Å². The van der Waals surface area contributed by atoms with E-state index in [2.05, 4.69) is 9.97 Å². The van der Waals surface area contributed by atoms with Gasteiger partial charge in [0.25, 0.3) is 5.56 Å². The van der Waals surface area contributed by atoms with E-state index in [9.17, 15) is 4.79 Å². The third-order valence-corrected chi connectivity index (χ3v) is 3.49.